The number of hydrogen-bond acceptors (Lipinski definition) is 3. The van der Waals surface area contributed by atoms with E-state index in [0.717, 1.165) is 21.7 Å². The number of benzene rings is 2. The Morgan fingerprint density at radius 1 is 1.17 bits per heavy atom. The van der Waals surface area contributed by atoms with E-state index in [1.165, 1.54) is 6.07 Å². The summed E-state index contributed by atoms with van der Waals surface area (Å²) in [4.78, 5) is 12.2. The number of fused-ring (bicyclic) bond motifs is 1. The fourth-order valence-electron chi connectivity index (χ4n) is 2.88. The summed E-state index contributed by atoms with van der Waals surface area (Å²) in [7, 11) is 0. The van der Waals surface area contributed by atoms with Crippen LogP contribution in [0.1, 0.15) is 11.4 Å². The largest absolute Gasteiger partial charge is 0.435 e. The predicted molar refractivity (Wildman–Crippen MR) is 106 cm³/mol. The smallest absolute Gasteiger partial charge is 0.332 e. The van der Waals surface area contributed by atoms with Crippen molar-refractivity contribution in [3.05, 3.63) is 71.1 Å². The highest BCUT2D eigenvalue weighted by Gasteiger charge is 2.35. The Bertz CT molecular complexity index is 1220. The average Bonchev–Trinajstić information content (AvgIpc) is 3.32. The summed E-state index contributed by atoms with van der Waals surface area (Å²) < 4.78 is 40.6. The molecule has 2 aromatic heterocycles. The minimum absolute atomic E-state index is 0.144. The Hall–Kier alpha value is -3.53. The summed E-state index contributed by atoms with van der Waals surface area (Å²) in [6.45, 7) is -0.185. The molecule has 0 aliphatic rings. The van der Waals surface area contributed by atoms with Crippen LogP contribution >= 0.6 is 11.6 Å². The van der Waals surface area contributed by atoms with Crippen molar-refractivity contribution in [2.24, 2.45) is 0 Å². The fraction of sp³-hybridized carbons (Fsp3) is 0.105. The number of amides is 2. The zero-order valence-corrected chi connectivity index (χ0v) is 15.9. The first-order chi connectivity index (χ1) is 14.3. The van der Waals surface area contributed by atoms with Gasteiger partial charge >= 0.3 is 12.2 Å². The number of nitrogens with one attached hydrogen (secondary N) is 3. The van der Waals surface area contributed by atoms with Crippen molar-refractivity contribution in [1.82, 2.24) is 25.3 Å². The molecule has 3 N–H and O–H groups in total. The lowest BCUT2D eigenvalue weighted by Gasteiger charge is -2.10. The molecule has 154 valence electrons. The average molecular weight is 435 g/mol. The minimum Gasteiger partial charge on any atom is -0.332 e. The number of alkyl halides is 3. The molecule has 4 rings (SSSR count). The topological polar surface area (TPSA) is 87.6 Å². The number of H-pyrrole nitrogens is 1. The van der Waals surface area contributed by atoms with Gasteiger partial charge in [0.25, 0.3) is 0 Å². The van der Waals surface area contributed by atoms with Crippen molar-refractivity contribution in [2.75, 3.05) is 5.32 Å². The van der Waals surface area contributed by atoms with E-state index in [1.807, 2.05) is 0 Å². The molecule has 0 unspecified atom stereocenters. The van der Waals surface area contributed by atoms with Crippen LogP contribution in [0.4, 0.5) is 23.7 Å². The van der Waals surface area contributed by atoms with Gasteiger partial charge < -0.3 is 10.6 Å². The molecule has 0 spiro atoms. The Balaban J connectivity index is 1.52. The van der Waals surface area contributed by atoms with Gasteiger partial charge in [-0.3, -0.25) is 5.10 Å². The number of urea groups is 1. The third-order valence-corrected chi connectivity index (χ3v) is 4.49. The molecule has 0 aliphatic heterocycles. The first-order valence-corrected chi connectivity index (χ1v) is 9.07. The highest BCUT2D eigenvalue weighted by atomic mass is 35.5. The zero-order chi connectivity index (χ0) is 21.3. The second-order valence-electron chi connectivity index (χ2n) is 6.39. The molecule has 0 atom stereocenters. The van der Waals surface area contributed by atoms with E-state index in [1.54, 1.807) is 42.6 Å². The van der Waals surface area contributed by atoms with Crippen LogP contribution in [0, 0.1) is 0 Å². The molecule has 2 heterocycles. The number of aromatic amines is 1. The van der Waals surface area contributed by atoms with Crippen LogP contribution in [-0.2, 0) is 12.7 Å². The van der Waals surface area contributed by atoms with Crippen LogP contribution < -0.4 is 10.6 Å². The van der Waals surface area contributed by atoms with Gasteiger partial charge in [0, 0.05) is 16.1 Å². The molecule has 0 saturated heterocycles. The highest BCUT2D eigenvalue weighted by molar-refractivity contribution is 6.30. The van der Waals surface area contributed by atoms with Crippen molar-refractivity contribution in [3.63, 3.8) is 0 Å². The fourth-order valence-corrected chi connectivity index (χ4v) is 3.07. The third kappa shape index (κ3) is 4.23. The number of aromatic nitrogens is 4. The molecule has 7 nitrogen and oxygen atoms in total. The van der Waals surface area contributed by atoms with Crippen LogP contribution in [0.15, 0.2) is 54.7 Å². The SMILES string of the molecule is O=C(NCc1cc(C(F)(F)F)nn1-c1cccc(Cl)c1)Nc1ccc2[nH]ncc2c1. The highest BCUT2D eigenvalue weighted by Crippen LogP contribution is 2.30. The van der Waals surface area contributed by atoms with Crippen LogP contribution in [0.25, 0.3) is 16.6 Å². The number of anilines is 1. The Labute approximate surface area is 172 Å². The van der Waals surface area contributed by atoms with E-state index in [9.17, 15) is 18.0 Å². The Morgan fingerprint density at radius 3 is 2.77 bits per heavy atom. The summed E-state index contributed by atoms with van der Waals surface area (Å²) in [5.41, 5.74) is 0.752. The summed E-state index contributed by atoms with van der Waals surface area (Å²) in [6.07, 6.45) is -3.01. The molecule has 0 saturated carbocycles. The second kappa shape index (κ2) is 7.71. The van der Waals surface area contributed by atoms with Gasteiger partial charge in [-0.05, 0) is 42.5 Å². The number of carbonyl (C=O) groups is 1. The summed E-state index contributed by atoms with van der Waals surface area (Å²) in [5, 5.41) is 16.7. The van der Waals surface area contributed by atoms with Crippen LogP contribution in [0.2, 0.25) is 5.02 Å². The predicted octanol–water partition coefficient (Wildman–Crippen LogP) is 4.74. The van der Waals surface area contributed by atoms with Crippen molar-refractivity contribution < 1.29 is 18.0 Å². The Morgan fingerprint density at radius 2 is 2.00 bits per heavy atom. The van der Waals surface area contributed by atoms with E-state index in [-0.39, 0.29) is 12.2 Å². The quantitative estimate of drug-likeness (QED) is 0.433. The molecular weight excluding hydrogens is 421 g/mol. The van der Waals surface area contributed by atoms with Crippen LogP contribution in [0.5, 0.6) is 0 Å². The lowest BCUT2D eigenvalue weighted by Crippen LogP contribution is -2.29. The standard InChI is InChI=1S/C19H14ClF3N6O/c20-12-2-1-3-14(7-12)29-15(8-17(28-29)19(21,22)23)10-24-18(30)26-13-4-5-16-11(6-13)9-25-27-16/h1-9H,10H2,(H,25,27)(H2,24,26,30). The van der Waals surface area contributed by atoms with Gasteiger partial charge in [0.2, 0.25) is 0 Å². The maximum Gasteiger partial charge on any atom is 0.435 e. The number of hydrogen-bond donors (Lipinski definition) is 3. The molecule has 4 aromatic rings. The number of nitrogens with zero attached hydrogens (tertiary/aromatic N) is 3. The van der Waals surface area contributed by atoms with Gasteiger partial charge in [-0.25, -0.2) is 9.48 Å². The van der Waals surface area contributed by atoms with Gasteiger partial charge in [-0.2, -0.15) is 23.4 Å². The third-order valence-electron chi connectivity index (χ3n) is 4.25. The van der Waals surface area contributed by atoms with Crippen molar-refractivity contribution in [2.45, 2.75) is 12.7 Å². The molecule has 2 aromatic carbocycles. The van der Waals surface area contributed by atoms with E-state index in [0.29, 0.717) is 16.4 Å². The van der Waals surface area contributed by atoms with Crippen molar-refractivity contribution in [3.8, 4) is 5.69 Å². The van der Waals surface area contributed by atoms with Gasteiger partial charge in [-0.15, -0.1) is 0 Å². The summed E-state index contributed by atoms with van der Waals surface area (Å²) >= 11 is 5.95. The lowest BCUT2D eigenvalue weighted by molar-refractivity contribution is -0.141. The molecule has 0 bridgehead atoms. The maximum absolute atomic E-state index is 13.2. The molecule has 0 radical (unpaired) electrons. The monoisotopic (exact) mass is 434 g/mol. The maximum atomic E-state index is 13.2. The molecule has 30 heavy (non-hydrogen) atoms. The van der Waals surface area contributed by atoms with Crippen LogP contribution in [0.3, 0.4) is 0 Å². The van der Waals surface area contributed by atoms with E-state index < -0.39 is 17.9 Å². The molecule has 11 heteroatoms. The first-order valence-electron chi connectivity index (χ1n) is 8.70. The number of carbonyl (C=O) groups excluding carboxylic acids is 1. The minimum atomic E-state index is -4.62. The lowest BCUT2D eigenvalue weighted by atomic mass is 10.2. The van der Waals surface area contributed by atoms with E-state index >= 15 is 0 Å². The molecule has 2 amide bonds. The summed E-state index contributed by atoms with van der Waals surface area (Å²) in [6, 6.07) is 11.7. The van der Waals surface area contributed by atoms with Gasteiger partial charge in [0.1, 0.15) is 0 Å². The second-order valence-corrected chi connectivity index (χ2v) is 6.83. The van der Waals surface area contributed by atoms with Gasteiger partial charge in [-0.1, -0.05) is 17.7 Å². The molecule has 0 fully saturated rings. The normalized spacial score (nSPS) is 11.6. The van der Waals surface area contributed by atoms with Crippen molar-refractivity contribution >= 4 is 34.2 Å². The number of rotatable bonds is 4. The van der Waals surface area contributed by atoms with E-state index in [2.05, 4.69) is 25.9 Å². The molecule has 0 aliphatic carbocycles. The van der Waals surface area contributed by atoms with Gasteiger partial charge in [0.05, 0.1) is 29.6 Å². The van der Waals surface area contributed by atoms with Gasteiger partial charge in [0.15, 0.2) is 5.69 Å². The Kier molecular flexibility index (Phi) is 5.08. The zero-order valence-electron chi connectivity index (χ0n) is 15.2. The number of halogens is 4. The molecular formula is C19H14ClF3N6O. The van der Waals surface area contributed by atoms with E-state index in [4.69, 9.17) is 11.6 Å². The van der Waals surface area contributed by atoms with Crippen molar-refractivity contribution in [1.29, 1.82) is 0 Å². The summed E-state index contributed by atoms with van der Waals surface area (Å²) in [5.74, 6) is 0. The van der Waals surface area contributed by atoms with Crippen LogP contribution in [-0.4, -0.2) is 26.0 Å². The first kappa shape index (κ1) is 19.8.